The molecule has 1 atom stereocenters. The van der Waals surface area contributed by atoms with Crippen LogP contribution in [0.3, 0.4) is 0 Å². The van der Waals surface area contributed by atoms with Crippen LogP contribution in [0.1, 0.15) is 44.6 Å². The van der Waals surface area contributed by atoms with Crippen LogP contribution in [0.5, 0.6) is 0 Å². The van der Waals surface area contributed by atoms with Gasteiger partial charge in [-0.25, -0.2) is 0 Å². The quantitative estimate of drug-likeness (QED) is 0.927. The van der Waals surface area contributed by atoms with Crippen molar-refractivity contribution in [1.82, 2.24) is 9.80 Å². The van der Waals surface area contributed by atoms with Crippen molar-refractivity contribution in [2.45, 2.75) is 57.2 Å². The molecule has 0 radical (unpaired) electrons. The first-order chi connectivity index (χ1) is 11.1. The summed E-state index contributed by atoms with van der Waals surface area (Å²) in [5.74, 6) is -0.701. The molecule has 1 unspecified atom stereocenters. The van der Waals surface area contributed by atoms with Gasteiger partial charge in [-0.05, 0) is 25.3 Å². The molecule has 4 nitrogen and oxygen atoms in total. The molecule has 126 valence electrons. The summed E-state index contributed by atoms with van der Waals surface area (Å²) in [6.45, 7) is 5.52. The van der Waals surface area contributed by atoms with Crippen LogP contribution in [0.25, 0.3) is 0 Å². The lowest BCUT2D eigenvalue weighted by Gasteiger charge is -2.53. The smallest absolute Gasteiger partial charge is 0.320 e. The molecule has 0 aromatic heterocycles. The summed E-state index contributed by atoms with van der Waals surface area (Å²) in [5.41, 5.74) is 1.52. The molecule has 1 aliphatic carbocycles. The Morgan fingerprint density at radius 2 is 1.87 bits per heavy atom. The van der Waals surface area contributed by atoms with E-state index in [1.165, 1.54) is 37.7 Å². The topological polar surface area (TPSA) is 43.8 Å². The molecule has 1 heterocycles. The van der Waals surface area contributed by atoms with E-state index in [1.54, 1.807) is 0 Å². The van der Waals surface area contributed by atoms with Crippen molar-refractivity contribution in [3.8, 4) is 0 Å². The molecule has 1 spiro atoms. The number of piperazine rings is 1. The molecule has 2 fully saturated rings. The Morgan fingerprint density at radius 3 is 2.52 bits per heavy atom. The number of nitrogens with zero attached hydrogens (tertiary/aromatic N) is 2. The summed E-state index contributed by atoms with van der Waals surface area (Å²) in [6, 6.07) is 10.3. The van der Waals surface area contributed by atoms with E-state index in [4.69, 9.17) is 0 Å². The van der Waals surface area contributed by atoms with Crippen molar-refractivity contribution in [2.24, 2.45) is 0 Å². The number of hydrogen-bond acceptors (Lipinski definition) is 3. The molecule has 2 aliphatic rings. The summed E-state index contributed by atoms with van der Waals surface area (Å²) >= 11 is 0. The third kappa shape index (κ3) is 3.59. The van der Waals surface area contributed by atoms with Gasteiger partial charge in [-0.15, -0.1) is 0 Å². The van der Waals surface area contributed by atoms with Crippen molar-refractivity contribution in [1.29, 1.82) is 0 Å². The van der Waals surface area contributed by atoms with E-state index in [0.29, 0.717) is 0 Å². The maximum Gasteiger partial charge on any atom is 0.320 e. The van der Waals surface area contributed by atoms with Crippen molar-refractivity contribution in [3.05, 3.63) is 35.9 Å². The first-order valence-electron chi connectivity index (χ1n) is 8.87. The summed E-state index contributed by atoms with van der Waals surface area (Å²) in [6.07, 6.45) is 6.24. The van der Waals surface area contributed by atoms with Gasteiger partial charge in [0.05, 0.1) is 0 Å². The first kappa shape index (κ1) is 16.5. The number of carboxylic acids is 1. The van der Waals surface area contributed by atoms with E-state index in [-0.39, 0.29) is 11.6 Å². The predicted octanol–water partition coefficient (Wildman–Crippen LogP) is 2.98. The van der Waals surface area contributed by atoms with E-state index < -0.39 is 5.97 Å². The molecule has 1 saturated carbocycles. The fraction of sp³-hybridized carbons (Fsp3) is 0.632. The van der Waals surface area contributed by atoms with Crippen LogP contribution in [0.15, 0.2) is 30.3 Å². The second kappa shape index (κ2) is 7.02. The van der Waals surface area contributed by atoms with E-state index in [0.717, 1.165) is 26.2 Å². The average Bonchev–Trinajstić information content (AvgIpc) is 2.58. The van der Waals surface area contributed by atoms with Gasteiger partial charge in [-0.2, -0.15) is 0 Å². The summed E-state index contributed by atoms with van der Waals surface area (Å²) < 4.78 is 0. The SMILES string of the molecule is CC(C(=O)O)N1CCN(Cc2ccccc2)C2(CCCCC2)C1. The number of carbonyl (C=O) groups is 1. The zero-order valence-corrected chi connectivity index (χ0v) is 14.1. The fourth-order valence-corrected chi connectivity index (χ4v) is 4.26. The summed E-state index contributed by atoms with van der Waals surface area (Å²) in [5, 5.41) is 9.37. The van der Waals surface area contributed by atoms with Gasteiger partial charge in [-0.1, -0.05) is 49.6 Å². The average molecular weight is 316 g/mol. The maximum absolute atomic E-state index is 11.4. The molecule has 0 amide bonds. The van der Waals surface area contributed by atoms with E-state index in [2.05, 4.69) is 40.1 Å². The Labute approximate surface area is 139 Å². The van der Waals surface area contributed by atoms with Gasteiger partial charge in [0.1, 0.15) is 6.04 Å². The van der Waals surface area contributed by atoms with Gasteiger partial charge in [0.25, 0.3) is 0 Å². The minimum Gasteiger partial charge on any atom is -0.480 e. The molecule has 1 saturated heterocycles. The molecule has 1 aromatic carbocycles. The molecule has 23 heavy (non-hydrogen) atoms. The van der Waals surface area contributed by atoms with Gasteiger partial charge >= 0.3 is 5.97 Å². The Bertz CT molecular complexity index is 525. The Kier molecular flexibility index (Phi) is 5.02. The highest BCUT2D eigenvalue weighted by atomic mass is 16.4. The van der Waals surface area contributed by atoms with E-state index in [9.17, 15) is 9.90 Å². The lowest BCUT2D eigenvalue weighted by atomic mass is 9.78. The molecule has 1 aromatic rings. The molecular formula is C19H28N2O2. The monoisotopic (exact) mass is 316 g/mol. The van der Waals surface area contributed by atoms with Crippen LogP contribution >= 0.6 is 0 Å². The number of aliphatic carboxylic acids is 1. The highest BCUT2D eigenvalue weighted by molar-refractivity contribution is 5.72. The normalized spacial score (nSPS) is 23.7. The van der Waals surface area contributed by atoms with Crippen molar-refractivity contribution in [3.63, 3.8) is 0 Å². The van der Waals surface area contributed by atoms with Gasteiger partial charge in [0.2, 0.25) is 0 Å². The Hall–Kier alpha value is -1.39. The lowest BCUT2D eigenvalue weighted by Crippen LogP contribution is -2.64. The summed E-state index contributed by atoms with van der Waals surface area (Å²) in [7, 11) is 0. The van der Waals surface area contributed by atoms with E-state index >= 15 is 0 Å². The highest BCUT2D eigenvalue weighted by Gasteiger charge is 2.43. The van der Waals surface area contributed by atoms with Crippen LogP contribution in [0.2, 0.25) is 0 Å². The Morgan fingerprint density at radius 1 is 1.17 bits per heavy atom. The highest BCUT2D eigenvalue weighted by Crippen LogP contribution is 2.38. The van der Waals surface area contributed by atoms with Crippen LogP contribution in [-0.2, 0) is 11.3 Å². The number of carboxylic acid groups (broad SMARTS) is 1. The zero-order chi connectivity index (χ0) is 16.3. The zero-order valence-electron chi connectivity index (χ0n) is 14.1. The van der Waals surface area contributed by atoms with Crippen LogP contribution in [0.4, 0.5) is 0 Å². The van der Waals surface area contributed by atoms with Crippen molar-refractivity contribution < 1.29 is 9.90 Å². The van der Waals surface area contributed by atoms with Gasteiger partial charge in [0.15, 0.2) is 0 Å². The van der Waals surface area contributed by atoms with Gasteiger partial charge in [-0.3, -0.25) is 14.6 Å². The number of hydrogen-bond donors (Lipinski definition) is 1. The first-order valence-corrected chi connectivity index (χ1v) is 8.87. The minimum atomic E-state index is -0.701. The fourth-order valence-electron chi connectivity index (χ4n) is 4.26. The van der Waals surface area contributed by atoms with Crippen LogP contribution in [-0.4, -0.2) is 52.1 Å². The van der Waals surface area contributed by atoms with Gasteiger partial charge in [0, 0.05) is 31.7 Å². The van der Waals surface area contributed by atoms with Crippen LogP contribution < -0.4 is 0 Å². The number of benzene rings is 1. The minimum absolute atomic E-state index is 0.163. The second-order valence-corrected chi connectivity index (χ2v) is 7.18. The number of rotatable bonds is 4. The second-order valence-electron chi connectivity index (χ2n) is 7.18. The third-order valence-electron chi connectivity index (χ3n) is 5.73. The lowest BCUT2D eigenvalue weighted by molar-refractivity contribution is -0.145. The molecule has 0 bridgehead atoms. The van der Waals surface area contributed by atoms with Crippen molar-refractivity contribution in [2.75, 3.05) is 19.6 Å². The van der Waals surface area contributed by atoms with Crippen LogP contribution in [0, 0.1) is 0 Å². The summed E-state index contributed by atoms with van der Waals surface area (Å²) in [4.78, 5) is 16.2. The maximum atomic E-state index is 11.4. The predicted molar refractivity (Wildman–Crippen MR) is 91.3 cm³/mol. The largest absolute Gasteiger partial charge is 0.480 e. The van der Waals surface area contributed by atoms with Gasteiger partial charge < -0.3 is 5.11 Å². The standard InChI is InChI=1S/C19H28N2O2/c1-16(18(22)23)20-12-13-21(14-17-8-4-2-5-9-17)19(15-20)10-6-3-7-11-19/h2,4-5,8-9,16H,3,6-7,10-15H2,1H3,(H,22,23). The molecule has 1 aliphatic heterocycles. The molecule has 1 N–H and O–H groups in total. The molecular weight excluding hydrogens is 288 g/mol. The molecule has 3 rings (SSSR count). The van der Waals surface area contributed by atoms with Crippen molar-refractivity contribution >= 4 is 5.97 Å². The molecule has 4 heteroatoms. The third-order valence-corrected chi connectivity index (χ3v) is 5.73. The van der Waals surface area contributed by atoms with E-state index in [1.807, 2.05) is 6.92 Å². The Balaban J connectivity index is 1.78.